The summed E-state index contributed by atoms with van der Waals surface area (Å²) in [5, 5.41) is 14.4. The van der Waals surface area contributed by atoms with E-state index in [-0.39, 0.29) is 25.7 Å². The number of nitrogens with one attached hydrogen (secondary N) is 2. The van der Waals surface area contributed by atoms with Gasteiger partial charge in [0.1, 0.15) is 0 Å². The van der Waals surface area contributed by atoms with Crippen LogP contribution in [0.3, 0.4) is 0 Å². The number of rotatable bonds is 8. The van der Waals surface area contributed by atoms with Crippen molar-refractivity contribution in [3.8, 4) is 22.6 Å². The Labute approximate surface area is 207 Å². The predicted molar refractivity (Wildman–Crippen MR) is 131 cm³/mol. The second-order valence-corrected chi connectivity index (χ2v) is 9.00. The molecule has 9 nitrogen and oxygen atoms in total. The molecule has 0 radical (unpaired) electrons. The molecule has 1 saturated carbocycles. The number of aromatic nitrogens is 1. The van der Waals surface area contributed by atoms with Gasteiger partial charge in [0.25, 0.3) is 5.91 Å². The first-order chi connectivity index (χ1) is 17.4. The number of fused-ring (bicyclic) bond motifs is 1. The van der Waals surface area contributed by atoms with Crippen LogP contribution in [0.25, 0.3) is 11.1 Å². The Morgan fingerprint density at radius 2 is 1.83 bits per heavy atom. The molecule has 0 bridgehead atoms. The number of carbonyl (C=O) groups excluding carboxylic acids is 2. The molecular formula is C27H25N3O6. The highest BCUT2D eigenvalue weighted by Gasteiger charge is 2.51. The van der Waals surface area contributed by atoms with Crippen molar-refractivity contribution in [3.63, 3.8) is 0 Å². The minimum Gasteiger partial charge on any atom is -0.481 e. The maximum atomic E-state index is 13.3. The molecule has 0 atom stereocenters. The number of carbonyl (C=O) groups is 3. The minimum atomic E-state index is -0.983. The van der Waals surface area contributed by atoms with Crippen LogP contribution < -0.4 is 20.1 Å². The van der Waals surface area contributed by atoms with E-state index >= 15 is 0 Å². The lowest BCUT2D eigenvalue weighted by Crippen LogP contribution is -2.27. The van der Waals surface area contributed by atoms with Crippen molar-refractivity contribution in [2.24, 2.45) is 0 Å². The first-order valence-electron chi connectivity index (χ1n) is 11.6. The van der Waals surface area contributed by atoms with E-state index in [9.17, 15) is 14.4 Å². The van der Waals surface area contributed by atoms with Gasteiger partial charge < -0.3 is 25.2 Å². The average molecular weight is 488 g/mol. The number of anilines is 1. The molecule has 2 amide bonds. The number of nitrogens with zero attached hydrogens (tertiary/aromatic N) is 1. The maximum Gasteiger partial charge on any atom is 0.305 e. The van der Waals surface area contributed by atoms with Crippen LogP contribution in [0.5, 0.6) is 11.5 Å². The molecule has 0 spiro atoms. The van der Waals surface area contributed by atoms with E-state index in [1.54, 1.807) is 12.3 Å². The van der Waals surface area contributed by atoms with Gasteiger partial charge in [-0.3, -0.25) is 19.4 Å². The van der Waals surface area contributed by atoms with Gasteiger partial charge in [0.05, 0.1) is 17.4 Å². The van der Waals surface area contributed by atoms with Gasteiger partial charge in [0.2, 0.25) is 12.7 Å². The second-order valence-electron chi connectivity index (χ2n) is 9.00. The van der Waals surface area contributed by atoms with Crippen molar-refractivity contribution in [1.29, 1.82) is 0 Å². The van der Waals surface area contributed by atoms with Gasteiger partial charge in [-0.25, -0.2) is 0 Å². The van der Waals surface area contributed by atoms with Crippen molar-refractivity contribution in [1.82, 2.24) is 10.3 Å². The molecule has 1 aliphatic carbocycles. The number of hydrogen-bond acceptors (Lipinski definition) is 6. The van der Waals surface area contributed by atoms with Crippen LogP contribution >= 0.6 is 0 Å². The molecule has 0 unspecified atom stereocenters. The van der Waals surface area contributed by atoms with Crippen molar-refractivity contribution in [2.75, 3.05) is 18.7 Å². The van der Waals surface area contributed by atoms with Crippen molar-refractivity contribution in [3.05, 3.63) is 71.5 Å². The standard InChI is InChI=1S/C27H25N3O6/c1-16-2-4-20(12-21(16)17-10-18(14-28-13-17)25(33)29-9-6-24(31)32)30-26(34)27(7-8-27)19-3-5-22-23(11-19)36-15-35-22/h2-5,10-14H,6-9,15H2,1H3,(H,29,33)(H,30,34)(H,31,32). The third-order valence-corrected chi connectivity index (χ3v) is 6.54. The molecule has 3 aromatic rings. The van der Waals surface area contributed by atoms with Gasteiger partial charge in [-0.15, -0.1) is 0 Å². The summed E-state index contributed by atoms with van der Waals surface area (Å²) in [5.41, 5.74) is 3.77. The summed E-state index contributed by atoms with van der Waals surface area (Å²) in [7, 11) is 0. The maximum absolute atomic E-state index is 13.3. The molecule has 3 N–H and O–H groups in total. The van der Waals surface area contributed by atoms with Crippen LogP contribution in [0, 0.1) is 6.92 Å². The Kier molecular flexibility index (Phi) is 6.05. The Morgan fingerprint density at radius 3 is 2.61 bits per heavy atom. The number of aliphatic carboxylic acids is 1. The molecule has 36 heavy (non-hydrogen) atoms. The SMILES string of the molecule is Cc1ccc(NC(=O)C2(c3ccc4c(c3)OCO4)CC2)cc1-c1cncc(C(=O)NCCC(=O)O)c1. The van der Waals surface area contributed by atoms with E-state index in [0.29, 0.717) is 28.3 Å². The topological polar surface area (TPSA) is 127 Å². The van der Waals surface area contributed by atoms with Gasteiger partial charge in [0, 0.05) is 30.2 Å². The molecular weight excluding hydrogens is 462 g/mol. The van der Waals surface area contributed by atoms with Gasteiger partial charge in [-0.05, 0) is 66.8 Å². The Balaban J connectivity index is 1.34. The third-order valence-electron chi connectivity index (χ3n) is 6.54. The fourth-order valence-corrected chi connectivity index (χ4v) is 4.32. The average Bonchev–Trinajstić information content (AvgIpc) is 3.55. The molecule has 184 valence electrons. The number of aryl methyl sites for hydroxylation is 1. The number of amides is 2. The minimum absolute atomic E-state index is 0.0318. The highest BCUT2D eigenvalue weighted by atomic mass is 16.7. The number of benzene rings is 2. The largest absolute Gasteiger partial charge is 0.481 e. The van der Waals surface area contributed by atoms with Crippen LogP contribution in [0.2, 0.25) is 0 Å². The van der Waals surface area contributed by atoms with Crippen molar-refractivity contribution >= 4 is 23.5 Å². The summed E-state index contributed by atoms with van der Waals surface area (Å²) >= 11 is 0. The molecule has 1 aromatic heterocycles. The lowest BCUT2D eigenvalue weighted by molar-refractivity contribution is -0.136. The number of pyridine rings is 1. The van der Waals surface area contributed by atoms with Crippen molar-refractivity contribution in [2.45, 2.75) is 31.6 Å². The first kappa shape index (κ1) is 23.3. The van der Waals surface area contributed by atoms with Crippen LogP contribution in [-0.4, -0.2) is 41.2 Å². The van der Waals surface area contributed by atoms with Crippen LogP contribution in [0.15, 0.2) is 54.9 Å². The quantitative estimate of drug-likeness (QED) is 0.443. The lowest BCUT2D eigenvalue weighted by atomic mass is 9.94. The summed E-state index contributed by atoms with van der Waals surface area (Å²) in [6, 6.07) is 13.0. The molecule has 9 heteroatoms. The molecule has 2 aromatic carbocycles. The third kappa shape index (κ3) is 4.59. The Bertz CT molecular complexity index is 1370. The van der Waals surface area contributed by atoms with Gasteiger partial charge in [-0.1, -0.05) is 12.1 Å². The summed E-state index contributed by atoms with van der Waals surface area (Å²) in [5.74, 6) is -0.121. The monoisotopic (exact) mass is 487 g/mol. The van der Waals surface area contributed by atoms with E-state index in [0.717, 1.165) is 29.5 Å². The van der Waals surface area contributed by atoms with E-state index in [4.69, 9.17) is 14.6 Å². The first-order valence-corrected chi connectivity index (χ1v) is 11.6. The Morgan fingerprint density at radius 1 is 1.03 bits per heavy atom. The highest BCUT2D eigenvalue weighted by molar-refractivity contribution is 6.02. The zero-order valence-corrected chi connectivity index (χ0v) is 19.7. The Hall–Kier alpha value is -4.40. The summed E-state index contributed by atoms with van der Waals surface area (Å²) in [6.45, 7) is 2.16. The van der Waals surface area contributed by atoms with Crippen molar-refractivity contribution < 1.29 is 29.0 Å². The van der Waals surface area contributed by atoms with Gasteiger partial charge >= 0.3 is 5.97 Å². The van der Waals surface area contributed by atoms with Crippen LogP contribution in [0.1, 0.15) is 40.7 Å². The van der Waals surface area contributed by atoms with E-state index in [1.807, 2.05) is 43.3 Å². The predicted octanol–water partition coefficient (Wildman–Crippen LogP) is 3.66. The summed E-state index contributed by atoms with van der Waals surface area (Å²) in [4.78, 5) is 40.6. The smallest absolute Gasteiger partial charge is 0.305 e. The van der Waals surface area contributed by atoms with E-state index in [2.05, 4.69) is 15.6 Å². The van der Waals surface area contributed by atoms with Crippen LogP contribution in [0.4, 0.5) is 5.69 Å². The van der Waals surface area contributed by atoms with Gasteiger partial charge in [-0.2, -0.15) is 0 Å². The summed E-state index contributed by atoms with van der Waals surface area (Å²) < 4.78 is 10.9. The fourth-order valence-electron chi connectivity index (χ4n) is 4.32. The molecule has 1 aliphatic heterocycles. The highest BCUT2D eigenvalue weighted by Crippen LogP contribution is 2.51. The molecule has 2 heterocycles. The molecule has 0 saturated heterocycles. The normalized spacial score (nSPS) is 14.7. The molecule has 1 fully saturated rings. The zero-order chi connectivity index (χ0) is 25.3. The second kappa shape index (κ2) is 9.33. The number of carboxylic acid groups (broad SMARTS) is 1. The summed E-state index contributed by atoms with van der Waals surface area (Å²) in [6.07, 6.45) is 4.42. The molecule has 5 rings (SSSR count). The number of carboxylic acids is 1. The fraction of sp³-hybridized carbons (Fsp3) is 0.259. The lowest BCUT2D eigenvalue weighted by Gasteiger charge is -2.17. The molecule has 2 aliphatic rings. The van der Waals surface area contributed by atoms with E-state index < -0.39 is 17.3 Å². The van der Waals surface area contributed by atoms with E-state index in [1.165, 1.54) is 6.20 Å². The number of hydrogen-bond donors (Lipinski definition) is 3. The zero-order valence-electron chi connectivity index (χ0n) is 19.7. The number of ether oxygens (including phenoxy) is 2. The van der Waals surface area contributed by atoms with Crippen LogP contribution in [-0.2, 0) is 15.0 Å². The van der Waals surface area contributed by atoms with Gasteiger partial charge in [0.15, 0.2) is 11.5 Å².